The predicted octanol–water partition coefficient (Wildman–Crippen LogP) is 6.48. The third-order valence-corrected chi connectivity index (χ3v) is 5.90. The highest BCUT2D eigenvalue weighted by Crippen LogP contribution is 2.22. The van der Waals surface area contributed by atoms with Gasteiger partial charge in [-0.05, 0) is 65.7 Å². The van der Waals surface area contributed by atoms with E-state index in [4.69, 9.17) is 4.74 Å². The Morgan fingerprint density at radius 3 is 2.02 bits per heavy atom. The standard InChI is InChI=1S/C32H24BrN3O4/c33-27-15-18-29(40-31(38)20-12-24-9-5-2-6-10-24)26(21-27)22-34-36-32(39)25-13-16-28(17-14-25)35-30(37)19-11-23-7-3-1-4-8-23/h1-22H,(H,35,37)(H,36,39)/b19-11+,20-12+,34-22-. The monoisotopic (exact) mass is 593 g/mol. The molecule has 0 aromatic heterocycles. The molecule has 0 aliphatic heterocycles. The number of hydrogen-bond donors (Lipinski definition) is 2. The Labute approximate surface area is 240 Å². The lowest BCUT2D eigenvalue weighted by molar-refractivity contribution is -0.128. The van der Waals surface area contributed by atoms with Crippen LogP contribution in [0.3, 0.4) is 0 Å². The van der Waals surface area contributed by atoms with Crippen LogP contribution < -0.4 is 15.5 Å². The topological polar surface area (TPSA) is 96.9 Å². The number of hydrogen-bond acceptors (Lipinski definition) is 5. The van der Waals surface area contributed by atoms with Crippen LogP contribution in [-0.2, 0) is 9.59 Å². The van der Waals surface area contributed by atoms with Crippen LogP contribution in [-0.4, -0.2) is 24.0 Å². The number of halogens is 1. The lowest BCUT2D eigenvalue weighted by Gasteiger charge is -2.07. The van der Waals surface area contributed by atoms with Gasteiger partial charge in [-0.15, -0.1) is 0 Å². The van der Waals surface area contributed by atoms with Gasteiger partial charge in [0.2, 0.25) is 5.91 Å². The molecule has 0 bridgehead atoms. The largest absolute Gasteiger partial charge is 0.423 e. The van der Waals surface area contributed by atoms with Crippen molar-refractivity contribution in [2.24, 2.45) is 5.10 Å². The van der Waals surface area contributed by atoms with Crippen molar-refractivity contribution in [1.82, 2.24) is 5.43 Å². The highest BCUT2D eigenvalue weighted by Gasteiger charge is 2.08. The van der Waals surface area contributed by atoms with Crippen molar-refractivity contribution in [3.63, 3.8) is 0 Å². The van der Waals surface area contributed by atoms with Crippen LogP contribution in [0.25, 0.3) is 12.2 Å². The van der Waals surface area contributed by atoms with Gasteiger partial charge in [-0.1, -0.05) is 76.6 Å². The van der Waals surface area contributed by atoms with Crippen molar-refractivity contribution in [2.75, 3.05) is 5.32 Å². The highest BCUT2D eigenvalue weighted by molar-refractivity contribution is 9.10. The quantitative estimate of drug-likeness (QED) is 0.0762. The van der Waals surface area contributed by atoms with Gasteiger partial charge in [0, 0.05) is 33.4 Å². The smallest absolute Gasteiger partial charge is 0.336 e. The van der Waals surface area contributed by atoms with Gasteiger partial charge in [0.15, 0.2) is 0 Å². The Kier molecular flexibility index (Phi) is 9.90. The molecular formula is C32H24BrN3O4. The molecular weight excluding hydrogens is 570 g/mol. The zero-order valence-electron chi connectivity index (χ0n) is 21.2. The first kappa shape index (κ1) is 27.9. The van der Waals surface area contributed by atoms with Crippen LogP contribution in [0.4, 0.5) is 5.69 Å². The predicted molar refractivity (Wildman–Crippen MR) is 161 cm³/mol. The van der Waals surface area contributed by atoms with E-state index >= 15 is 0 Å². The summed E-state index contributed by atoms with van der Waals surface area (Å²) in [5.74, 6) is -0.998. The maximum Gasteiger partial charge on any atom is 0.336 e. The summed E-state index contributed by atoms with van der Waals surface area (Å²) in [5, 5.41) is 6.76. The molecule has 4 rings (SSSR count). The molecule has 40 heavy (non-hydrogen) atoms. The van der Waals surface area contributed by atoms with E-state index in [1.54, 1.807) is 54.6 Å². The summed E-state index contributed by atoms with van der Waals surface area (Å²) in [6, 6.07) is 30.4. The van der Waals surface area contributed by atoms with Crippen molar-refractivity contribution in [2.45, 2.75) is 0 Å². The van der Waals surface area contributed by atoms with Gasteiger partial charge in [0.25, 0.3) is 5.91 Å². The second-order valence-electron chi connectivity index (χ2n) is 8.36. The van der Waals surface area contributed by atoms with Gasteiger partial charge in [-0.25, -0.2) is 10.2 Å². The van der Waals surface area contributed by atoms with Crippen LogP contribution in [0.5, 0.6) is 5.75 Å². The molecule has 0 spiro atoms. The normalized spacial score (nSPS) is 11.1. The molecule has 4 aromatic rings. The third-order valence-electron chi connectivity index (χ3n) is 5.40. The van der Waals surface area contributed by atoms with Crippen LogP contribution in [0.15, 0.2) is 125 Å². The fraction of sp³-hybridized carbons (Fsp3) is 0. The molecule has 0 atom stereocenters. The molecule has 0 aliphatic rings. The number of anilines is 1. The van der Waals surface area contributed by atoms with Gasteiger partial charge in [0.05, 0.1) is 6.21 Å². The molecule has 0 saturated carbocycles. The molecule has 7 nitrogen and oxygen atoms in total. The Morgan fingerprint density at radius 1 is 0.750 bits per heavy atom. The number of carbonyl (C=O) groups is 3. The van der Waals surface area contributed by atoms with E-state index in [-0.39, 0.29) is 11.7 Å². The van der Waals surface area contributed by atoms with Crippen molar-refractivity contribution in [3.05, 3.63) is 142 Å². The third kappa shape index (κ3) is 8.75. The first-order valence-corrected chi connectivity index (χ1v) is 13.0. The number of benzene rings is 4. The van der Waals surface area contributed by atoms with Crippen LogP contribution in [0.1, 0.15) is 27.0 Å². The zero-order chi connectivity index (χ0) is 28.2. The Bertz CT molecular complexity index is 1570. The number of hydrazone groups is 1. The van der Waals surface area contributed by atoms with Gasteiger partial charge in [0.1, 0.15) is 5.75 Å². The highest BCUT2D eigenvalue weighted by atomic mass is 79.9. The Hall–Kier alpha value is -5.08. The van der Waals surface area contributed by atoms with E-state index in [0.717, 1.165) is 15.6 Å². The first-order valence-electron chi connectivity index (χ1n) is 12.2. The van der Waals surface area contributed by atoms with Crippen molar-refractivity contribution >= 4 is 57.8 Å². The number of nitrogens with one attached hydrogen (secondary N) is 2. The van der Waals surface area contributed by atoms with E-state index in [2.05, 4.69) is 31.8 Å². The van der Waals surface area contributed by atoms with Crippen LogP contribution >= 0.6 is 15.9 Å². The minimum absolute atomic E-state index is 0.283. The summed E-state index contributed by atoms with van der Waals surface area (Å²) in [4.78, 5) is 37.0. The molecule has 198 valence electrons. The molecule has 0 heterocycles. The van der Waals surface area contributed by atoms with Crippen molar-refractivity contribution in [1.29, 1.82) is 0 Å². The number of esters is 1. The summed E-state index contributed by atoms with van der Waals surface area (Å²) in [7, 11) is 0. The summed E-state index contributed by atoms with van der Waals surface area (Å²) in [5.41, 5.74) is 5.62. The van der Waals surface area contributed by atoms with E-state index in [0.29, 0.717) is 16.8 Å². The number of carbonyl (C=O) groups excluding carboxylic acids is 3. The van der Waals surface area contributed by atoms with Gasteiger partial charge in [-0.3, -0.25) is 9.59 Å². The Morgan fingerprint density at radius 2 is 1.38 bits per heavy atom. The van der Waals surface area contributed by atoms with Crippen LogP contribution in [0.2, 0.25) is 0 Å². The number of ether oxygens (including phenoxy) is 1. The zero-order valence-corrected chi connectivity index (χ0v) is 22.7. The molecule has 2 amide bonds. The maximum atomic E-state index is 12.6. The number of rotatable bonds is 9. The molecule has 0 radical (unpaired) electrons. The lowest BCUT2D eigenvalue weighted by Crippen LogP contribution is -2.18. The molecule has 0 aliphatic carbocycles. The average molecular weight is 594 g/mol. The summed E-state index contributed by atoms with van der Waals surface area (Å²) < 4.78 is 6.21. The fourth-order valence-electron chi connectivity index (χ4n) is 3.43. The van der Waals surface area contributed by atoms with Gasteiger partial charge < -0.3 is 10.1 Å². The van der Waals surface area contributed by atoms with E-state index in [1.807, 2.05) is 60.7 Å². The van der Waals surface area contributed by atoms with Crippen molar-refractivity contribution < 1.29 is 19.1 Å². The average Bonchev–Trinajstić information content (AvgIpc) is 2.98. The van der Waals surface area contributed by atoms with Crippen LogP contribution in [0, 0.1) is 0 Å². The first-order chi connectivity index (χ1) is 19.5. The van der Waals surface area contributed by atoms with Gasteiger partial charge >= 0.3 is 5.97 Å². The SMILES string of the molecule is O=C(/C=C/c1ccccc1)Nc1ccc(C(=O)N/N=C\c2cc(Br)ccc2OC(=O)/C=C/c2ccccc2)cc1. The summed E-state index contributed by atoms with van der Waals surface area (Å²) in [6.07, 6.45) is 7.55. The minimum Gasteiger partial charge on any atom is -0.423 e. The second-order valence-corrected chi connectivity index (χ2v) is 9.27. The second kappa shape index (κ2) is 14.2. The Balaban J connectivity index is 1.33. The molecule has 2 N–H and O–H groups in total. The van der Waals surface area contributed by atoms with Crippen molar-refractivity contribution in [3.8, 4) is 5.75 Å². The lowest BCUT2D eigenvalue weighted by atomic mass is 10.2. The molecule has 8 heteroatoms. The number of nitrogens with zero attached hydrogens (tertiary/aromatic N) is 1. The van der Waals surface area contributed by atoms with E-state index in [9.17, 15) is 14.4 Å². The molecule has 0 unspecified atom stereocenters. The molecule has 0 fully saturated rings. The summed E-state index contributed by atoms with van der Waals surface area (Å²) in [6.45, 7) is 0. The summed E-state index contributed by atoms with van der Waals surface area (Å²) >= 11 is 3.39. The van der Waals surface area contributed by atoms with E-state index in [1.165, 1.54) is 18.4 Å². The molecule has 4 aromatic carbocycles. The molecule has 0 saturated heterocycles. The maximum absolute atomic E-state index is 12.6. The fourth-order valence-corrected chi connectivity index (χ4v) is 3.81. The van der Waals surface area contributed by atoms with E-state index < -0.39 is 11.9 Å². The minimum atomic E-state index is -0.549. The van der Waals surface area contributed by atoms with Gasteiger partial charge in [-0.2, -0.15) is 5.10 Å². The number of amides is 2.